The molecule has 3 rings (SSSR count). The van der Waals surface area contributed by atoms with Crippen LogP contribution in [0.5, 0.6) is 0 Å². The summed E-state index contributed by atoms with van der Waals surface area (Å²) >= 11 is 1.40. The van der Waals surface area contributed by atoms with Crippen LogP contribution < -0.4 is 5.32 Å². The second kappa shape index (κ2) is 9.42. The Balaban J connectivity index is 1.55. The number of esters is 2. The van der Waals surface area contributed by atoms with Gasteiger partial charge in [-0.25, -0.2) is 4.79 Å². The number of thiophene rings is 1. The molecule has 162 valence electrons. The Morgan fingerprint density at radius 2 is 1.97 bits per heavy atom. The first-order valence-corrected chi connectivity index (χ1v) is 10.9. The second-order valence-electron chi connectivity index (χ2n) is 7.26. The average Bonchev–Trinajstić information content (AvgIpc) is 3.33. The Kier molecular flexibility index (Phi) is 6.91. The van der Waals surface area contributed by atoms with Crippen LogP contribution in [-0.2, 0) is 45.4 Å². The van der Waals surface area contributed by atoms with Gasteiger partial charge in [-0.05, 0) is 57.6 Å². The first-order valence-electron chi connectivity index (χ1n) is 10.1. The molecule has 0 aliphatic heterocycles. The molecule has 0 saturated heterocycles. The molecule has 1 amide bonds. The Labute approximate surface area is 179 Å². The molecular formula is C21H27N3O5S. The van der Waals surface area contributed by atoms with Gasteiger partial charge in [-0.15, -0.1) is 11.3 Å². The highest BCUT2D eigenvalue weighted by Crippen LogP contribution is 2.39. The monoisotopic (exact) mass is 433 g/mol. The minimum Gasteiger partial charge on any atom is -0.462 e. The van der Waals surface area contributed by atoms with Gasteiger partial charge in [0.2, 0.25) is 0 Å². The van der Waals surface area contributed by atoms with E-state index in [-0.39, 0.29) is 13.0 Å². The number of ether oxygens (including phenoxy) is 2. The van der Waals surface area contributed by atoms with Crippen molar-refractivity contribution in [3.05, 3.63) is 33.0 Å². The van der Waals surface area contributed by atoms with E-state index in [0.717, 1.165) is 46.7 Å². The highest BCUT2D eigenvalue weighted by Gasteiger charge is 2.28. The first kappa shape index (κ1) is 22.0. The zero-order chi connectivity index (χ0) is 21.8. The van der Waals surface area contributed by atoms with Crippen LogP contribution in [0.25, 0.3) is 0 Å². The Bertz CT molecular complexity index is 976. The molecule has 9 heteroatoms. The zero-order valence-electron chi connectivity index (χ0n) is 17.8. The SMILES string of the molecule is CCOC(=O)c1c(NC(=O)COC(=O)CCc2c(C)nn(C)c2C)sc2c1CCC2. The van der Waals surface area contributed by atoms with E-state index in [2.05, 4.69) is 10.4 Å². The topological polar surface area (TPSA) is 99.5 Å². The van der Waals surface area contributed by atoms with E-state index in [4.69, 9.17) is 9.47 Å². The third-order valence-electron chi connectivity index (χ3n) is 5.26. The maximum Gasteiger partial charge on any atom is 0.341 e. The van der Waals surface area contributed by atoms with Crippen LogP contribution in [0, 0.1) is 13.8 Å². The molecule has 0 saturated carbocycles. The summed E-state index contributed by atoms with van der Waals surface area (Å²) in [7, 11) is 1.86. The summed E-state index contributed by atoms with van der Waals surface area (Å²) in [6.07, 6.45) is 3.37. The highest BCUT2D eigenvalue weighted by molar-refractivity contribution is 7.17. The molecular weight excluding hydrogens is 406 g/mol. The lowest BCUT2D eigenvalue weighted by atomic mass is 10.1. The number of amides is 1. The van der Waals surface area contributed by atoms with Crippen molar-refractivity contribution in [3.63, 3.8) is 0 Å². The van der Waals surface area contributed by atoms with Crippen LogP contribution in [0.15, 0.2) is 0 Å². The van der Waals surface area contributed by atoms with Crippen LogP contribution in [0.4, 0.5) is 5.00 Å². The third kappa shape index (κ3) is 4.72. The predicted octanol–water partition coefficient (Wildman–Crippen LogP) is 2.88. The van der Waals surface area contributed by atoms with Crippen molar-refractivity contribution in [2.24, 2.45) is 7.05 Å². The molecule has 0 unspecified atom stereocenters. The van der Waals surface area contributed by atoms with Gasteiger partial charge in [0.25, 0.3) is 5.91 Å². The third-order valence-corrected chi connectivity index (χ3v) is 6.46. The quantitative estimate of drug-likeness (QED) is 0.643. The van der Waals surface area contributed by atoms with E-state index in [1.54, 1.807) is 11.6 Å². The highest BCUT2D eigenvalue weighted by atomic mass is 32.1. The van der Waals surface area contributed by atoms with Gasteiger partial charge in [0.15, 0.2) is 6.61 Å². The van der Waals surface area contributed by atoms with Gasteiger partial charge in [0, 0.05) is 24.0 Å². The predicted molar refractivity (Wildman–Crippen MR) is 113 cm³/mol. The van der Waals surface area contributed by atoms with Crippen LogP contribution >= 0.6 is 11.3 Å². The van der Waals surface area contributed by atoms with Crippen molar-refractivity contribution < 1.29 is 23.9 Å². The minimum absolute atomic E-state index is 0.169. The molecule has 0 fully saturated rings. The Morgan fingerprint density at radius 1 is 1.20 bits per heavy atom. The normalized spacial score (nSPS) is 12.5. The summed E-state index contributed by atoms with van der Waals surface area (Å²) in [5, 5.41) is 7.52. The number of hydrogen-bond donors (Lipinski definition) is 1. The van der Waals surface area contributed by atoms with Gasteiger partial charge in [-0.2, -0.15) is 5.10 Å². The number of rotatable bonds is 8. The van der Waals surface area contributed by atoms with Gasteiger partial charge in [0.05, 0.1) is 17.9 Å². The first-order chi connectivity index (χ1) is 14.3. The number of aromatic nitrogens is 2. The minimum atomic E-state index is -0.470. The lowest BCUT2D eigenvalue weighted by Crippen LogP contribution is -2.22. The van der Waals surface area contributed by atoms with Gasteiger partial charge < -0.3 is 14.8 Å². The smallest absolute Gasteiger partial charge is 0.341 e. The van der Waals surface area contributed by atoms with Crippen molar-refractivity contribution in [1.82, 2.24) is 9.78 Å². The molecule has 2 aromatic rings. The number of aryl methyl sites for hydroxylation is 3. The van der Waals surface area contributed by atoms with Crippen LogP contribution in [0.3, 0.4) is 0 Å². The summed E-state index contributed by atoms with van der Waals surface area (Å²) in [6, 6.07) is 0. The van der Waals surface area contributed by atoms with Crippen molar-refractivity contribution in [2.45, 2.75) is 52.9 Å². The number of anilines is 1. The van der Waals surface area contributed by atoms with Gasteiger partial charge in [-0.1, -0.05) is 0 Å². The van der Waals surface area contributed by atoms with Gasteiger partial charge in [-0.3, -0.25) is 14.3 Å². The van der Waals surface area contributed by atoms with Crippen LogP contribution in [0.2, 0.25) is 0 Å². The number of carbonyl (C=O) groups excluding carboxylic acids is 3. The second-order valence-corrected chi connectivity index (χ2v) is 8.37. The molecule has 2 aromatic heterocycles. The fourth-order valence-corrected chi connectivity index (χ4v) is 4.99. The molecule has 1 aliphatic rings. The van der Waals surface area contributed by atoms with E-state index in [9.17, 15) is 14.4 Å². The zero-order valence-corrected chi connectivity index (χ0v) is 18.6. The number of carbonyl (C=O) groups is 3. The van der Waals surface area contributed by atoms with E-state index >= 15 is 0 Å². The molecule has 1 aliphatic carbocycles. The van der Waals surface area contributed by atoms with E-state index in [0.29, 0.717) is 17.0 Å². The molecule has 0 radical (unpaired) electrons. The molecule has 2 heterocycles. The van der Waals surface area contributed by atoms with Crippen molar-refractivity contribution in [2.75, 3.05) is 18.5 Å². The summed E-state index contributed by atoms with van der Waals surface area (Å²) in [6.45, 7) is 5.48. The van der Waals surface area contributed by atoms with E-state index in [1.165, 1.54) is 11.3 Å². The Morgan fingerprint density at radius 3 is 2.63 bits per heavy atom. The standard InChI is InChI=1S/C21H27N3O5S/c1-5-28-21(27)19-15-7-6-8-16(15)30-20(19)22-17(25)11-29-18(26)10-9-14-12(2)23-24(4)13(14)3/h5-11H2,1-4H3,(H,22,25). The molecule has 30 heavy (non-hydrogen) atoms. The number of nitrogens with zero attached hydrogens (tertiary/aromatic N) is 2. The molecule has 1 N–H and O–H groups in total. The van der Waals surface area contributed by atoms with Crippen LogP contribution in [0.1, 0.15) is 57.5 Å². The summed E-state index contributed by atoms with van der Waals surface area (Å²) in [5.41, 5.74) is 4.32. The fourth-order valence-electron chi connectivity index (χ4n) is 3.70. The largest absolute Gasteiger partial charge is 0.462 e. The number of fused-ring (bicyclic) bond motifs is 1. The van der Waals surface area contributed by atoms with Gasteiger partial charge in [0.1, 0.15) is 5.00 Å². The van der Waals surface area contributed by atoms with E-state index in [1.807, 2.05) is 20.9 Å². The van der Waals surface area contributed by atoms with Crippen molar-refractivity contribution >= 4 is 34.2 Å². The average molecular weight is 434 g/mol. The summed E-state index contributed by atoms with van der Waals surface area (Å²) in [4.78, 5) is 37.8. The molecule has 8 nitrogen and oxygen atoms in total. The molecule has 0 spiro atoms. The maximum atomic E-state index is 12.4. The van der Waals surface area contributed by atoms with Gasteiger partial charge >= 0.3 is 11.9 Å². The van der Waals surface area contributed by atoms with Crippen molar-refractivity contribution in [3.8, 4) is 0 Å². The number of nitrogens with one attached hydrogen (secondary N) is 1. The molecule has 0 atom stereocenters. The van der Waals surface area contributed by atoms with Crippen molar-refractivity contribution in [1.29, 1.82) is 0 Å². The Hall–Kier alpha value is -2.68. The lowest BCUT2D eigenvalue weighted by Gasteiger charge is -2.09. The summed E-state index contributed by atoms with van der Waals surface area (Å²) < 4.78 is 12.1. The van der Waals surface area contributed by atoms with Crippen LogP contribution in [-0.4, -0.2) is 40.8 Å². The van der Waals surface area contributed by atoms with E-state index < -0.39 is 24.5 Å². The molecule has 0 bridgehead atoms. The number of hydrogen-bond acceptors (Lipinski definition) is 7. The maximum absolute atomic E-state index is 12.4. The molecule has 0 aromatic carbocycles. The fraction of sp³-hybridized carbons (Fsp3) is 0.524. The lowest BCUT2D eigenvalue weighted by molar-refractivity contribution is -0.147. The summed E-state index contributed by atoms with van der Waals surface area (Å²) in [5.74, 6) is -1.35.